The summed E-state index contributed by atoms with van der Waals surface area (Å²) in [6.45, 7) is 1.95. The highest BCUT2D eigenvalue weighted by Crippen LogP contribution is 2.26. The molecule has 3 aromatic heterocycles. The van der Waals surface area contributed by atoms with Gasteiger partial charge in [0.15, 0.2) is 11.3 Å². The molecule has 0 saturated heterocycles. The van der Waals surface area contributed by atoms with E-state index in [4.69, 9.17) is 0 Å². The van der Waals surface area contributed by atoms with E-state index in [-0.39, 0.29) is 0 Å². The summed E-state index contributed by atoms with van der Waals surface area (Å²) in [6.07, 6.45) is 5.36. The SMILES string of the molecule is COC(=O)c1csc(-c2cnn3cc(C)cnc23)n1. The molecular formula is C12H10N4O2S. The first kappa shape index (κ1) is 11.8. The number of hydrogen-bond acceptors (Lipinski definition) is 6. The van der Waals surface area contributed by atoms with Crippen LogP contribution in [0.25, 0.3) is 16.2 Å². The van der Waals surface area contributed by atoms with E-state index < -0.39 is 5.97 Å². The summed E-state index contributed by atoms with van der Waals surface area (Å²) >= 11 is 1.36. The number of aryl methyl sites for hydroxylation is 1. The number of rotatable bonds is 2. The zero-order valence-electron chi connectivity index (χ0n) is 10.3. The molecule has 0 unspecified atom stereocenters. The van der Waals surface area contributed by atoms with Crippen molar-refractivity contribution < 1.29 is 9.53 Å². The van der Waals surface area contributed by atoms with Crippen LogP contribution in [0.2, 0.25) is 0 Å². The highest BCUT2D eigenvalue weighted by atomic mass is 32.1. The van der Waals surface area contributed by atoms with Crippen molar-refractivity contribution in [3.63, 3.8) is 0 Å². The first-order valence-electron chi connectivity index (χ1n) is 5.53. The van der Waals surface area contributed by atoms with Crippen LogP contribution in [-0.2, 0) is 4.74 Å². The van der Waals surface area contributed by atoms with Gasteiger partial charge in [-0.15, -0.1) is 11.3 Å². The van der Waals surface area contributed by atoms with Crippen LogP contribution in [0.4, 0.5) is 0 Å². The zero-order valence-corrected chi connectivity index (χ0v) is 11.1. The van der Waals surface area contributed by atoms with Crippen molar-refractivity contribution >= 4 is 23.0 Å². The standard InChI is InChI=1S/C12H10N4O2S/c1-7-3-13-10-8(4-14-16(10)5-7)11-15-9(6-19-11)12(17)18-2/h3-6H,1-2H3. The Morgan fingerprint density at radius 2 is 2.26 bits per heavy atom. The van der Waals surface area contributed by atoms with Gasteiger partial charge in [0.05, 0.1) is 18.9 Å². The van der Waals surface area contributed by atoms with E-state index >= 15 is 0 Å². The number of esters is 1. The molecule has 3 aromatic rings. The van der Waals surface area contributed by atoms with E-state index in [0.717, 1.165) is 16.8 Å². The Balaban J connectivity index is 2.09. The van der Waals surface area contributed by atoms with Gasteiger partial charge in [0.2, 0.25) is 0 Å². The molecule has 19 heavy (non-hydrogen) atoms. The molecule has 3 heterocycles. The molecule has 6 nitrogen and oxygen atoms in total. The average molecular weight is 274 g/mol. The van der Waals surface area contributed by atoms with Crippen molar-refractivity contribution in [2.24, 2.45) is 0 Å². The van der Waals surface area contributed by atoms with Gasteiger partial charge in [-0.1, -0.05) is 0 Å². The van der Waals surface area contributed by atoms with E-state index in [1.54, 1.807) is 22.3 Å². The Morgan fingerprint density at radius 3 is 3.05 bits per heavy atom. The molecule has 0 fully saturated rings. The number of ether oxygens (including phenoxy) is 1. The van der Waals surface area contributed by atoms with Crippen molar-refractivity contribution in [3.8, 4) is 10.6 Å². The summed E-state index contributed by atoms with van der Waals surface area (Å²) in [6, 6.07) is 0. The topological polar surface area (TPSA) is 69.4 Å². The molecule has 0 aromatic carbocycles. The van der Waals surface area contributed by atoms with Crippen LogP contribution in [0.5, 0.6) is 0 Å². The van der Waals surface area contributed by atoms with Gasteiger partial charge >= 0.3 is 5.97 Å². The van der Waals surface area contributed by atoms with E-state index in [1.807, 2.05) is 13.1 Å². The second-order valence-corrected chi connectivity index (χ2v) is 4.85. The van der Waals surface area contributed by atoms with E-state index in [0.29, 0.717) is 10.7 Å². The van der Waals surface area contributed by atoms with Crippen LogP contribution in [0.3, 0.4) is 0 Å². The predicted octanol–water partition coefficient (Wildman–Crippen LogP) is 1.95. The molecule has 96 valence electrons. The van der Waals surface area contributed by atoms with Crippen molar-refractivity contribution in [1.82, 2.24) is 19.6 Å². The molecule has 0 radical (unpaired) electrons. The second-order valence-electron chi connectivity index (χ2n) is 3.99. The van der Waals surface area contributed by atoms with Crippen LogP contribution in [-0.4, -0.2) is 32.7 Å². The van der Waals surface area contributed by atoms with Crippen LogP contribution >= 0.6 is 11.3 Å². The Morgan fingerprint density at radius 1 is 1.42 bits per heavy atom. The largest absolute Gasteiger partial charge is 0.464 e. The summed E-state index contributed by atoms with van der Waals surface area (Å²) in [5.74, 6) is -0.442. The van der Waals surface area contributed by atoms with Crippen molar-refractivity contribution in [2.45, 2.75) is 6.92 Å². The zero-order chi connectivity index (χ0) is 13.4. The molecule has 0 aliphatic carbocycles. The molecular weight excluding hydrogens is 264 g/mol. The molecule has 0 aliphatic heterocycles. The summed E-state index contributed by atoms with van der Waals surface area (Å²) < 4.78 is 6.34. The summed E-state index contributed by atoms with van der Waals surface area (Å²) in [5, 5.41) is 6.60. The molecule has 0 bridgehead atoms. The Bertz CT molecular complexity index is 762. The molecule has 0 atom stereocenters. The number of fused-ring (bicyclic) bond motifs is 1. The minimum Gasteiger partial charge on any atom is -0.464 e. The third-order valence-corrected chi connectivity index (χ3v) is 3.49. The fourth-order valence-electron chi connectivity index (χ4n) is 1.71. The highest BCUT2D eigenvalue weighted by molar-refractivity contribution is 7.13. The third-order valence-electron chi connectivity index (χ3n) is 2.61. The number of hydrogen-bond donors (Lipinski definition) is 0. The maximum Gasteiger partial charge on any atom is 0.357 e. The number of carbonyl (C=O) groups is 1. The van der Waals surface area contributed by atoms with Crippen molar-refractivity contribution in [2.75, 3.05) is 7.11 Å². The number of thiazole rings is 1. The maximum atomic E-state index is 11.4. The smallest absolute Gasteiger partial charge is 0.357 e. The summed E-state index contributed by atoms with van der Waals surface area (Å²) in [5.41, 5.74) is 2.85. The minimum atomic E-state index is -0.442. The lowest BCUT2D eigenvalue weighted by molar-refractivity contribution is 0.0595. The average Bonchev–Trinajstić information content (AvgIpc) is 3.03. The molecule has 0 N–H and O–H groups in total. The molecule has 3 rings (SSSR count). The molecule has 0 amide bonds. The normalized spacial score (nSPS) is 10.8. The van der Waals surface area contributed by atoms with Gasteiger partial charge in [-0.05, 0) is 12.5 Å². The quantitative estimate of drug-likeness (QED) is 0.668. The lowest BCUT2D eigenvalue weighted by Crippen LogP contribution is -2.00. The fraction of sp³-hybridized carbons (Fsp3) is 0.167. The van der Waals surface area contributed by atoms with Gasteiger partial charge in [0, 0.05) is 17.8 Å². The van der Waals surface area contributed by atoms with Gasteiger partial charge < -0.3 is 4.74 Å². The Kier molecular flexibility index (Phi) is 2.75. The third kappa shape index (κ3) is 1.97. The summed E-state index contributed by atoms with van der Waals surface area (Å²) in [4.78, 5) is 20.0. The first-order chi connectivity index (χ1) is 9.19. The molecule has 0 spiro atoms. The van der Waals surface area contributed by atoms with Crippen LogP contribution in [0.15, 0.2) is 24.0 Å². The molecule has 0 saturated carbocycles. The Labute approximate surface area is 112 Å². The maximum absolute atomic E-state index is 11.4. The van der Waals surface area contributed by atoms with Crippen LogP contribution in [0, 0.1) is 6.92 Å². The summed E-state index contributed by atoms with van der Waals surface area (Å²) in [7, 11) is 1.33. The lowest BCUT2D eigenvalue weighted by atomic mass is 10.3. The monoisotopic (exact) mass is 274 g/mol. The first-order valence-corrected chi connectivity index (χ1v) is 6.41. The van der Waals surface area contributed by atoms with Gasteiger partial charge in [-0.3, -0.25) is 0 Å². The van der Waals surface area contributed by atoms with Crippen LogP contribution < -0.4 is 0 Å². The molecule has 7 heteroatoms. The van der Waals surface area contributed by atoms with Crippen molar-refractivity contribution in [1.29, 1.82) is 0 Å². The van der Waals surface area contributed by atoms with Crippen LogP contribution in [0.1, 0.15) is 16.1 Å². The highest BCUT2D eigenvalue weighted by Gasteiger charge is 2.15. The number of carbonyl (C=O) groups excluding carboxylic acids is 1. The van der Waals surface area contributed by atoms with Gasteiger partial charge in [-0.25, -0.2) is 19.3 Å². The number of aromatic nitrogens is 4. The number of nitrogens with zero attached hydrogens (tertiary/aromatic N) is 4. The van der Waals surface area contributed by atoms with E-state index in [9.17, 15) is 4.79 Å². The lowest BCUT2D eigenvalue weighted by Gasteiger charge is -1.96. The van der Waals surface area contributed by atoms with Crippen molar-refractivity contribution in [3.05, 3.63) is 35.2 Å². The van der Waals surface area contributed by atoms with E-state index in [1.165, 1.54) is 18.4 Å². The van der Waals surface area contributed by atoms with Gasteiger partial charge in [-0.2, -0.15) is 5.10 Å². The minimum absolute atomic E-state index is 0.300. The van der Waals surface area contributed by atoms with E-state index in [2.05, 4.69) is 19.8 Å². The second kappa shape index (κ2) is 4.43. The van der Waals surface area contributed by atoms with Gasteiger partial charge in [0.25, 0.3) is 0 Å². The predicted molar refractivity (Wildman–Crippen MR) is 70.2 cm³/mol. The fourth-order valence-corrected chi connectivity index (χ4v) is 2.51. The molecule has 0 aliphatic rings. The number of methoxy groups -OCH3 is 1. The van der Waals surface area contributed by atoms with Gasteiger partial charge in [0.1, 0.15) is 5.01 Å². The Hall–Kier alpha value is -2.28.